The van der Waals surface area contributed by atoms with E-state index in [1.165, 1.54) is 12.4 Å². The van der Waals surface area contributed by atoms with Gasteiger partial charge in [-0.1, -0.05) is 0 Å². The molecule has 8 nitrogen and oxygen atoms in total. The molecule has 8 heteroatoms. The summed E-state index contributed by atoms with van der Waals surface area (Å²) in [7, 11) is 0. The Bertz CT molecular complexity index is 730. The summed E-state index contributed by atoms with van der Waals surface area (Å²) >= 11 is 0. The molecule has 1 saturated heterocycles. The average molecular weight is 310 g/mol. The Hall–Kier alpha value is -3.21. The largest absolute Gasteiger partial charge is 0.476 e. The van der Waals surface area contributed by atoms with Gasteiger partial charge >= 0.3 is 5.97 Å². The first kappa shape index (κ1) is 14.7. The van der Waals surface area contributed by atoms with Gasteiger partial charge in [0.2, 0.25) is 0 Å². The number of carboxylic acid groups (broad SMARTS) is 1. The van der Waals surface area contributed by atoms with Gasteiger partial charge in [-0.05, 0) is 12.1 Å². The number of pyridine rings is 1. The molecule has 0 aliphatic carbocycles. The van der Waals surface area contributed by atoms with Crippen LogP contribution in [0, 0.1) is 11.3 Å². The Kier molecular flexibility index (Phi) is 4.01. The van der Waals surface area contributed by atoms with Crippen molar-refractivity contribution in [3.05, 3.63) is 42.0 Å². The maximum absolute atomic E-state index is 10.8. The predicted octanol–water partition coefficient (Wildman–Crippen LogP) is 0.768. The van der Waals surface area contributed by atoms with Crippen LogP contribution in [0.2, 0.25) is 0 Å². The van der Waals surface area contributed by atoms with Crippen LogP contribution >= 0.6 is 0 Å². The van der Waals surface area contributed by atoms with E-state index in [0.29, 0.717) is 11.4 Å². The lowest BCUT2D eigenvalue weighted by molar-refractivity contribution is 0.0690. The Labute approximate surface area is 132 Å². The maximum atomic E-state index is 10.8. The number of carboxylic acids is 1. The Balaban J connectivity index is 1.63. The zero-order valence-electron chi connectivity index (χ0n) is 12.3. The minimum absolute atomic E-state index is 0.0610. The van der Waals surface area contributed by atoms with Gasteiger partial charge < -0.3 is 14.9 Å². The van der Waals surface area contributed by atoms with Crippen molar-refractivity contribution in [1.29, 1.82) is 5.26 Å². The van der Waals surface area contributed by atoms with Gasteiger partial charge in [-0.3, -0.25) is 0 Å². The number of anilines is 2. The van der Waals surface area contributed by atoms with Crippen LogP contribution in [0.4, 0.5) is 11.6 Å². The molecule has 1 fully saturated rings. The average Bonchev–Trinajstić information content (AvgIpc) is 2.62. The van der Waals surface area contributed by atoms with Gasteiger partial charge in [0.15, 0.2) is 5.69 Å². The van der Waals surface area contributed by atoms with Gasteiger partial charge in [-0.25, -0.2) is 19.7 Å². The molecule has 3 heterocycles. The fourth-order valence-electron chi connectivity index (χ4n) is 2.40. The third-order valence-electron chi connectivity index (χ3n) is 3.66. The topological polar surface area (TPSA) is 106 Å². The van der Waals surface area contributed by atoms with Gasteiger partial charge in [-0.2, -0.15) is 5.26 Å². The quantitative estimate of drug-likeness (QED) is 0.886. The molecule has 0 atom stereocenters. The van der Waals surface area contributed by atoms with Crippen molar-refractivity contribution in [2.24, 2.45) is 0 Å². The molecule has 0 saturated carbocycles. The third-order valence-corrected chi connectivity index (χ3v) is 3.66. The highest BCUT2D eigenvalue weighted by molar-refractivity contribution is 5.84. The van der Waals surface area contributed by atoms with Gasteiger partial charge in [0.1, 0.15) is 17.7 Å². The van der Waals surface area contributed by atoms with Crippen molar-refractivity contribution >= 4 is 17.6 Å². The van der Waals surface area contributed by atoms with Crippen molar-refractivity contribution in [3.8, 4) is 6.07 Å². The predicted molar refractivity (Wildman–Crippen MR) is 82.4 cm³/mol. The summed E-state index contributed by atoms with van der Waals surface area (Å²) in [5.74, 6) is 0.430. The summed E-state index contributed by atoms with van der Waals surface area (Å²) in [5, 5.41) is 17.6. The second-order valence-electron chi connectivity index (χ2n) is 5.06. The van der Waals surface area contributed by atoms with E-state index in [0.717, 1.165) is 32.0 Å². The molecular weight excluding hydrogens is 296 g/mol. The first-order chi connectivity index (χ1) is 11.2. The monoisotopic (exact) mass is 310 g/mol. The molecule has 0 amide bonds. The maximum Gasteiger partial charge on any atom is 0.356 e. The second kappa shape index (κ2) is 6.27. The van der Waals surface area contributed by atoms with Crippen LogP contribution in [0.25, 0.3) is 0 Å². The molecule has 2 aromatic rings. The number of rotatable bonds is 3. The van der Waals surface area contributed by atoms with E-state index in [9.17, 15) is 4.79 Å². The third kappa shape index (κ3) is 3.18. The van der Waals surface area contributed by atoms with Crippen LogP contribution in [0.15, 0.2) is 30.7 Å². The van der Waals surface area contributed by atoms with Gasteiger partial charge in [0.25, 0.3) is 0 Å². The molecule has 1 aliphatic rings. The number of nitriles is 1. The van der Waals surface area contributed by atoms with Crippen LogP contribution in [0.5, 0.6) is 0 Å². The van der Waals surface area contributed by atoms with E-state index in [2.05, 4.69) is 30.8 Å². The van der Waals surface area contributed by atoms with Crippen molar-refractivity contribution in [2.45, 2.75) is 0 Å². The number of aromatic carboxylic acids is 1. The lowest BCUT2D eigenvalue weighted by atomic mass is 10.2. The molecule has 116 valence electrons. The zero-order valence-corrected chi connectivity index (χ0v) is 12.3. The summed E-state index contributed by atoms with van der Waals surface area (Å²) in [4.78, 5) is 27.3. The molecular formula is C15H14N6O2. The van der Waals surface area contributed by atoms with E-state index in [-0.39, 0.29) is 5.69 Å². The number of piperazine rings is 1. The minimum Gasteiger partial charge on any atom is -0.476 e. The number of hydrogen-bond acceptors (Lipinski definition) is 7. The molecule has 1 N–H and O–H groups in total. The van der Waals surface area contributed by atoms with Crippen LogP contribution in [-0.4, -0.2) is 52.2 Å². The first-order valence-corrected chi connectivity index (χ1v) is 7.09. The summed E-state index contributed by atoms with van der Waals surface area (Å²) in [6, 6.07) is 5.65. The highest BCUT2D eigenvalue weighted by atomic mass is 16.4. The molecule has 0 spiro atoms. The number of carbonyl (C=O) groups is 1. The van der Waals surface area contributed by atoms with Crippen molar-refractivity contribution in [2.75, 3.05) is 36.0 Å². The van der Waals surface area contributed by atoms with Crippen LogP contribution < -0.4 is 9.80 Å². The van der Waals surface area contributed by atoms with E-state index in [4.69, 9.17) is 10.4 Å². The summed E-state index contributed by atoms with van der Waals surface area (Å²) in [6.45, 7) is 3.01. The minimum atomic E-state index is -1.08. The van der Waals surface area contributed by atoms with Crippen LogP contribution in [0.1, 0.15) is 16.1 Å². The van der Waals surface area contributed by atoms with Crippen molar-refractivity contribution < 1.29 is 9.90 Å². The number of hydrogen-bond donors (Lipinski definition) is 1. The van der Waals surface area contributed by atoms with E-state index < -0.39 is 5.97 Å². The van der Waals surface area contributed by atoms with Crippen molar-refractivity contribution in [1.82, 2.24) is 15.0 Å². The fourth-order valence-corrected chi connectivity index (χ4v) is 2.40. The van der Waals surface area contributed by atoms with Crippen molar-refractivity contribution in [3.63, 3.8) is 0 Å². The van der Waals surface area contributed by atoms with Crippen LogP contribution in [-0.2, 0) is 0 Å². The molecule has 3 rings (SSSR count). The van der Waals surface area contributed by atoms with E-state index in [1.54, 1.807) is 12.3 Å². The fraction of sp³-hybridized carbons (Fsp3) is 0.267. The molecule has 0 aromatic carbocycles. The molecule has 0 unspecified atom stereocenters. The van der Waals surface area contributed by atoms with E-state index in [1.807, 2.05) is 6.07 Å². The molecule has 0 bridgehead atoms. The smallest absolute Gasteiger partial charge is 0.356 e. The summed E-state index contributed by atoms with van der Waals surface area (Å²) in [6.07, 6.45) is 4.32. The summed E-state index contributed by atoms with van der Waals surface area (Å²) in [5.41, 5.74) is 0.482. The molecule has 0 radical (unpaired) electrons. The van der Waals surface area contributed by atoms with E-state index >= 15 is 0 Å². The Morgan fingerprint density at radius 2 is 1.65 bits per heavy atom. The van der Waals surface area contributed by atoms with Gasteiger partial charge in [-0.15, -0.1) is 0 Å². The van der Waals surface area contributed by atoms with Gasteiger partial charge in [0.05, 0.1) is 18.0 Å². The number of aromatic nitrogens is 3. The zero-order chi connectivity index (χ0) is 16.2. The molecule has 2 aromatic heterocycles. The van der Waals surface area contributed by atoms with Gasteiger partial charge in [0, 0.05) is 32.4 Å². The molecule has 1 aliphatic heterocycles. The first-order valence-electron chi connectivity index (χ1n) is 7.09. The second-order valence-corrected chi connectivity index (χ2v) is 5.06. The Morgan fingerprint density at radius 1 is 1.00 bits per heavy atom. The molecule has 23 heavy (non-hydrogen) atoms. The number of nitrogens with zero attached hydrogens (tertiary/aromatic N) is 6. The highest BCUT2D eigenvalue weighted by Crippen LogP contribution is 2.17. The Morgan fingerprint density at radius 3 is 2.13 bits per heavy atom. The normalized spacial score (nSPS) is 14.4. The SMILES string of the molecule is N#Cc1ccc(N2CCN(c3cnc(C(=O)O)cn3)CC2)nc1. The summed E-state index contributed by atoms with van der Waals surface area (Å²) < 4.78 is 0. The highest BCUT2D eigenvalue weighted by Gasteiger charge is 2.19. The van der Waals surface area contributed by atoms with Crippen LogP contribution in [0.3, 0.4) is 0 Å². The lowest BCUT2D eigenvalue weighted by Crippen LogP contribution is -2.47. The lowest BCUT2D eigenvalue weighted by Gasteiger charge is -2.35. The standard InChI is InChI=1S/C15H14N6O2/c16-7-11-1-2-13(18-8-11)20-3-5-21(6-4-20)14-10-17-12(9-19-14)15(22)23/h1-2,8-10H,3-6H2,(H,22,23).